The van der Waals surface area contributed by atoms with E-state index >= 15 is 0 Å². The van der Waals surface area contributed by atoms with Gasteiger partial charge in [0, 0.05) is 4.88 Å². The first kappa shape index (κ1) is 14.1. The Kier molecular flexibility index (Phi) is 4.13. The van der Waals surface area contributed by atoms with Gasteiger partial charge in [0.2, 0.25) is 5.91 Å². The van der Waals surface area contributed by atoms with Crippen molar-refractivity contribution >= 4 is 17.2 Å². The molecule has 110 valence electrons. The molecule has 1 aliphatic heterocycles. The molecule has 2 heterocycles. The molecule has 2 N–H and O–H groups in total. The number of amides is 1. The van der Waals surface area contributed by atoms with E-state index in [0.29, 0.717) is 5.92 Å². The summed E-state index contributed by atoms with van der Waals surface area (Å²) >= 11 is 1.77. The molecular weight excluding hydrogens is 268 g/mol. The Morgan fingerprint density at radius 2 is 2.25 bits per heavy atom. The molecule has 1 amide bonds. The molecule has 1 saturated heterocycles. The van der Waals surface area contributed by atoms with Crippen molar-refractivity contribution in [2.45, 2.75) is 57.0 Å². The van der Waals surface area contributed by atoms with Gasteiger partial charge in [0.05, 0.1) is 11.6 Å². The zero-order valence-electron chi connectivity index (χ0n) is 12.2. The van der Waals surface area contributed by atoms with Gasteiger partial charge in [-0.3, -0.25) is 4.79 Å². The summed E-state index contributed by atoms with van der Waals surface area (Å²) < 4.78 is 0. The molecule has 3 nitrogen and oxygen atoms in total. The lowest BCUT2D eigenvalue weighted by atomic mass is 9.93. The molecule has 2 atom stereocenters. The first-order valence-electron chi connectivity index (χ1n) is 7.78. The molecule has 0 radical (unpaired) electrons. The average molecular weight is 292 g/mol. The lowest BCUT2D eigenvalue weighted by Crippen LogP contribution is -2.52. The van der Waals surface area contributed by atoms with Crippen molar-refractivity contribution in [1.82, 2.24) is 10.6 Å². The van der Waals surface area contributed by atoms with Crippen LogP contribution in [0.5, 0.6) is 0 Å². The third-order valence-corrected chi connectivity index (χ3v) is 5.83. The monoisotopic (exact) mass is 292 g/mol. The van der Waals surface area contributed by atoms with Crippen LogP contribution in [0.3, 0.4) is 0 Å². The highest BCUT2D eigenvalue weighted by atomic mass is 32.1. The van der Waals surface area contributed by atoms with Crippen LogP contribution in [0.25, 0.3) is 0 Å². The predicted molar refractivity (Wildman–Crippen MR) is 82.8 cm³/mol. The van der Waals surface area contributed by atoms with E-state index in [2.05, 4.69) is 28.1 Å². The second-order valence-corrected chi connectivity index (χ2v) is 7.35. The third-order valence-electron chi connectivity index (χ3n) is 4.88. The van der Waals surface area contributed by atoms with E-state index in [4.69, 9.17) is 0 Å². The van der Waals surface area contributed by atoms with E-state index in [0.717, 1.165) is 19.4 Å². The largest absolute Gasteiger partial charge is 0.347 e. The Morgan fingerprint density at radius 1 is 1.45 bits per heavy atom. The van der Waals surface area contributed by atoms with E-state index in [1.54, 1.807) is 11.3 Å². The first-order chi connectivity index (χ1) is 9.69. The van der Waals surface area contributed by atoms with Crippen LogP contribution in [0.2, 0.25) is 0 Å². The molecule has 1 saturated carbocycles. The van der Waals surface area contributed by atoms with Crippen LogP contribution in [-0.4, -0.2) is 18.0 Å². The molecule has 1 aromatic rings. The van der Waals surface area contributed by atoms with Gasteiger partial charge >= 0.3 is 0 Å². The van der Waals surface area contributed by atoms with Crippen molar-refractivity contribution < 1.29 is 4.79 Å². The van der Waals surface area contributed by atoms with Crippen molar-refractivity contribution in [3.05, 3.63) is 22.4 Å². The van der Waals surface area contributed by atoms with E-state index in [1.807, 2.05) is 6.92 Å². The summed E-state index contributed by atoms with van der Waals surface area (Å²) in [5.41, 5.74) is -0.367. The quantitative estimate of drug-likeness (QED) is 0.894. The van der Waals surface area contributed by atoms with Crippen LogP contribution >= 0.6 is 11.3 Å². The summed E-state index contributed by atoms with van der Waals surface area (Å²) in [6, 6.07) is 4.46. The number of nitrogens with one attached hydrogen (secondary N) is 2. The first-order valence-corrected chi connectivity index (χ1v) is 8.66. The second-order valence-electron chi connectivity index (χ2n) is 6.37. The summed E-state index contributed by atoms with van der Waals surface area (Å²) in [4.78, 5) is 14.0. The molecule has 1 aliphatic carbocycles. The summed E-state index contributed by atoms with van der Waals surface area (Å²) in [6.07, 6.45) is 7.13. The van der Waals surface area contributed by atoms with Crippen LogP contribution in [0.1, 0.15) is 56.4 Å². The van der Waals surface area contributed by atoms with Gasteiger partial charge in [0.15, 0.2) is 0 Å². The maximum absolute atomic E-state index is 12.7. The minimum Gasteiger partial charge on any atom is -0.347 e. The lowest BCUT2D eigenvalue weighted by Gasteiger charge is -2.29. The molecular formula is C16H24N2OS. The molecule has 2 aliphatic rings. The number of carbonyl (C=O) groups excluding carboxylic acids is 1. The molecule has 0 aromatic carbocycles. The molecule has 0 spiro atoms. The van der Waals surface area contributed by atoms with Crippen molar-refractivity contribution in [2.75, 3.05) is 6.54 Å². The fourth-order valence-corrected chi connectivity index (χ4v) is 4.44. The van der Waals surface area contributed by atoms with Gasteiger partial charge in [0.25, 0.3) is 0 Å². The molecule has 1 aromatic heterocycles. The van der Waals surface area contributed by atoms with Gasteiger partial charge in [-0.05, 0) is 56.5 Å². The van der Waals surface area contributed by atoms with Crippen LogP contribution in [0.4, 0.5) is 0 Å². The Hall–Kier alpha value is -0.870. The topological polar surface area (TPSA) is 41.1 Å². The normalized spacial score (nSPS) is 28.6. The number of hydrogen-bond donors (Lipinski definition) is 2. The van der Waals surface area contributed by atoms with Gasteiger partial charge < -0.3 is 10.6 Å². The molecule has 20 heavy (non-hydrogen) atoms. The summed E-state index contributed by atoms with van der Waals surface area (Å²) in [6.45, 7) is 2.99. The second kappa shape index (κ2) is 5.86. The minimum absolute atomic E-state index is 0.181. The minimum atomic E-state index is -0.367. The Morgan fingerprint density at radius 3 is 2.85 bits per heavy atom. The zero-order valence-corrected chi connectivity index (χ0v) is 13.0. The standard InChI is InChI=1S/C16H24N2OS/c1-16(9-5-10-17-16)15(19)18-14(12-6-2-3-7-12)13-8-4-11-20-13/h4,8,11-12,14,17H,2-3,5-7,9-10H2,1H3,(H,18,19). The van der Waals surface area contributed by atoms with E-state index in [9.17, 15) is 4.79 Å². The fourth-order valence-electron chi connectivity index (χ4n) is 3.57. The molecule has 0 bridgehead atoms. The highest BCUT2D eigenvalue weighted by Crippen LogP contribution is 2.37. The van der Waals surface area contributed by atoms with Gasteiger partial charge in [-0.1, -0.05) is 18.9 Å². The van der Waals surface area contributed by atoms with Crippen molar-refractivity contribution in [3.8, 4) is 0 Å². The summed E-state index contributed by atoms with van der Waals surface area (Å²) in [5.74, 6) is 0.794. The van der Waals surface area contributed by atoms with Gasteiger partial charge in [0.1, 0.15) is 0 Å². The van der Waals surface area contributed by atoms with Gasteiger partial charge in [-0.25, -0.2) is 0 Å². The van der Waals surface area contributed by atoms with Crippen molar-refractivity contribution in [2.24, 2.45) is 5.92 Å². The Bertz CT molecular complexity index is 445. The Labute approximate surface area is 125 Å². The molecule has 3 rings (SSSR count). The molecule has 4 heteroatoms. The molecule has 2 fully saturated rings. The Balaban J connectivity index is 1.74. The summed E-state index contributed by atoms with van der Waals surface area (Å²) in [7, 11) is 0. The third kappa shape index (κ3) is 2.77. The van der Waals surface area contributed by atoms with Crippen molar-refractivity contribution in [1.29, 1.82) is 0 Å². The summed E-state index contributed by atoms with van der Waals surface area (Å²) in [5, 5.41) is 8.83. The zero-order chi connectivity index (χ0) is 14.0. The van der Waals surface area contributed by atoms with Crippen molar-refractivity contribution in [3.63, 3.8) is 0 Å². The van der Waals surface area contributed by atoms with E-state index in [1.165, 1.54) is 30.6 Å². The van der Waals surface area contributed by atoms with Crippen LogP contribution in [-0.2, 0) is 4.79 Å². The lowest BCUT2D eigenvalue weighted by molar-refractivity contribution is -0.127. The van der Waals surface area contributed by atoms with E-state index < -0.39 is 0 Å². The number of hydrogen-bond acceptors (Lipinski definition) is 3. The van der Waals surface area contributed by atoms with Gasteiger partial charge in [-0.15, -0.1) is 11.3 Å². The van der Waals surface area contributed by atoms with Gasteiger partial charge in [-0.2, -0.15) is 0 Å². The SMILES string of the molecule is CC1(C(=O)NC(c2cccs2)C2CCCC2)CCCN1. The number of rotatable bonds is 4. The average Bonchev–Trinajstić information content (AvgIpc) is 3.18. The predicted octanol–water partition coefficient (Wildman–Crippen LogP) is 3.24. The smallest absolute Gasteiger partial charge is 0.240 e. The fraction of sp³-hybridized carbons (Fsp3) is 0.688. The van der Waals surface area contributed by atoms with E-state index in [-0.39, 0.29) is 17.5 Å². The van der Waals surface area contributed by atoms with Crippen LogP contribution < -0.4 is 10.6 Å². The molecule has 2 unspecified atom stereocenters. The van der Waals surface area contributed by atoms with Crippen LogP contribution in [0.15, 0.2) is 17.5 Å². The maximum Gasteiger partial charge on any atom is 0.240 e. The highest BCUT2D eigenvalue weighted by molar-refractivity contribution is 7.10. The van der Waals surface area contributed by atoms with Crippen LogP contribution in [0, 0.1) is 5.92 Å². The number of thiophene rings is 1. The number of carbonyl (C=O) groups is 1. The highest BCUT2D eigenvalue weighted by Gasteiger charge is 2.38. The maximum atomic E-state index is 12.7.